The fourth-order valence-electron chi connectivity index (χ4n) is 3.66. The van der Waals surface area contributed by atoms with E-state index in [2.05, 4.69) is 11.1 Å². The number of nitro benzene ring substituents is 1. The molecule has 0 bridgehead atoms. The van der Waals surface area contributed by atoms with E-state index in [1.54, 1.807) is 6.08 Å². The molecule has 6 nitrogen and oxygen atoms in total. The van der Waals surface area contributed by atoms with E-state index < -0.39 is 10.9 Å². The minimum atomic E-state index is -0.621. The third-order valence-corrected chi connectivity index (χ3v) is 5.42. The zero-order valence-corrected chi connectivity index (χ0v) is 16.7. The van der Waals surface area contributed by atoms with Crippen molar-refractivity contribution < 1.29 is 14.5 Å². The maximum Gasteiger partial charge on any atom is 0.363 e. The van der Waals surface area contributed by atoms with E-state index >= 15 is 0 Å². The van der Waals surface area contributed by atoms with Crippen LogP contribution in [0.4, 0.5) is 5.69 Å². The van der Waals surface area contributed by atoms with Gasteiger partial charge in [0.2, 0.25) is 5.90 Å². The van der Waals surface area contributed by atoms with Crippen molar-refractivity contribution in [2.45, 2.75) is 0 Å². The first-order valence-corrected chi connectivity index (χ1v) is 9.76. The van der Waals surface area contributed by atoms with Gasteiger partial charge in [0, 0.05) is 11.6 Å². The number of carbonyl (C=O) groups excluding carboxylic acids is 1. The van der Waals surface area contributed by atoms with Crippen molar-refractivity contribution in [1.82, 2.24) is 0 Å². The van der Waals surface area contributed by atoms with Crippen molar-refractivity contribution in [2.24, 2.45) is 4.99 Å². The molecule has 1 heterocycles. The SMILES string of the molecule is O=C1OC(c2ccc(Cl)c([N+](=O)[O-])c2)=N/C1=C\c1c2ccccc2cc2ccccc12. The molecule has 0 aliphatic carbocycles. The van der Waals surface area contributed by atoms with Crippen LogP contribution in [0, 0.1) is 10.1 Å². The Labute approximate surface area is 181 Å². The summed E-state index contributed by atoms with van der Waals surface area (Å²) in [4.78, 5) is 27.4. The fraction of sp³-hybridized carbons (Fsp3) is 0. The van der Waals surface area contributed by atoms with Crippen LogP contribution in [0.15, 0.2) is 83.5 Å². The molecule has 0 atom stereocenters. The number of halogens is 1. The molecule has 0 saturated carbocycles. The Hall–Kier alpha value is -4.03. The summed E-state index contributed by atoms with van der Waals surface area (Å²) in [6.07, 6.45) is 1.70. The van der Waals surface area contributed by atoms with Crippen molar-refractivity contribution in [3.8, 4) is 0 Å². The monoisotopic (exact) mass is 428 g/mol. The molecule has 0 radical (unpaired) electrons. The Balaban J connectivity index is 1.67. The molecule has 0 N–H and O–H groups in total. The Bertz CT molecular complexity index is 1420. The van der Waals surface area contributed by atoms with Crippen molar-refractivity contribution >= 4 is 56.8 Å². The molecule has 0 saturated heterocycles. The number of fused-ring (bicyclic) bond motifs is 2. The molecular weight excluding hydrogens is 416 g/mol. The van der Waals surface area contributed by atoms with E-state index in [-0.39, 0.29) is 22.3 Å². The van der Waals surface area contributed by atoms with E-state index in [4.69, 9.17) is 16.3 Å². The normalized spacial score (nSPS) is 14.8. The average molecular weight is 429 g/mol. The van der Waals surface area contributed by atoms with Crippen LogP contribution in [0.5, 0.6) is 0 Å². The lowest BCUT2D eigenvalue weighted by molar-refractivity contribution is -0.384. The summed E-state index contributed by atoms with van der Waals surface area (Å²) >= 11 is 5.87. The molecule has 5 rings (SSSR count). The topological polar surface area (TPSA) is 81.8 Å². The number of carbonyl (C=O) groups is 1. The molecule has 0 aromatic heterocycles. The summed E-state index contributed by atoms with van der Waals surface area (Å²) in [5, 5.41) is 15.2. The van der Waals surface area contributed by atoms with Crippen molar-refractivity contribution in [3.05, 3.63) is 105 Å². The number of nitrogens with zero attached hydrogens (tertiary/aromatic N) is 2. The van der Waals surface area contributed by atoms with Gasteiger partial charge in [-0.2, -0.15) is 0 Å². The Morgan fingerprint density at radius 3 is 2.23 bits per heavy atom. The molecule has 31 heavy (non-hydrogen) atoms. The molecule has 0 unspecified atom stereocenters. The summed E-state index contributed by atoms with van der Waals surface area (Å²) in [6.45, 7) is 0. The van der Waals surface area contributed by atoms with Crippen LogP contribution in [0.1, 0.15) is 11.1 Å². The van der Waals surface area contributed by atoms with Gasteiger partial charge in [-0.3, -0.25) is 10.1 Å². The van der Waals surface area contributed by atoms with Gasteiger partial charge in [-0.15, -0.1) is 0 Å². The largest absolute Gasteiger partial charge is 0.402 e. The van der Waals surface area contributed by atoms with Crippen LogP contribution < -0.4 is 0 Å². The lowest BCUT2D eigenvalue weighted by Gasteiger charge is -2.08. The molecule has 4 aromatic rings. The molecular formula is C24H13ClN2O4. The maximum atomic E-state index is 12.6. The number of nitro groups is 1. The molecule has 1 aliphatic heterocycles. The zero-order chi connectivity index (χ0) is 21.5. The minimum Gasteiger partial charge on any atom is -0.402 e. The summed E-state index contributed by atoms with van der Waals surface area (Å²) < 4.78 is 5.31. The van der Waals surface area contributed by atoms with Gasteiger partial charge >= 0.3 is 5.97 Å². The highest BCUT2D eigenvalue weighted by Crippen LogP contribution is 2.32. The molecule has 7 heteroatoms. The quantitative estimate of drug-likeness (QED) is 0.134. The van der Waals surface area contributed by atoms with E-state index in [0.29, 0.717) is 5.56 Å². The molecule has 0 fully saturated rings. The Morgan fingerprint density at radius 2 is 1.58 bits per heavy atom. The highest BCUT2D eigenvalue weighted by atomic mass is 35.5. The van der Waals surface area contributed by atoms with Crippen LogP contribution in [0.2, 0.25) is 5.02 Å². The fourth-order valence-corrected chi connectivity index (χ4v) is 3.85. The van der Waals surface area contributed by atoms with Crippen molar-refractivity contribution in [2.75, 3.05) is 0 Å². The second-order valence-electron chi connectivity index (χ2n) is 6.99. The maximum absolute atomic E-state index is 12.6. The number of ether oxygens (including phenoxy) is 1. The highest BCUT2D eigenvalue weighted by molar-refractivity contribution is 6.32. The summed E-state index contributed by atoms with van der Waals surface area (Å²) in [5.41, 5.74) is 0.993. The lowest BCUT2D eigenvalue weighted by Crippen LogP contribution is -2.06. The average Bonchev–Trinajstić information content (AvgIpc) is 3.14. The first kappa shape index (κ1) is 19.0. The van der Waals surface area contributed by atoms with E-state index in [0.717, 1.165) is 27.1 Å². The van der Waals surface area contributed by atoms with Gasteiger partial charge in [-0.1, -0.05) is 60.1 Å². The molecule has 1 aliphatic rings. The van der Waals surface area contributed by atoms with Gasteiger partial charge < -0.3 is 4.74 Å². The first-order valence-electron chi connectivity index (χ1n) is 9.38. The standard InChI is InChI=1S/C24H13ClN2O4/c25-20-10-9-16(12-22(20)27(29)30)23-26-21(24(28)31-23)13-19-17-7-3-1-5-14(17)11-15-6-2-4-8-18(15)19/h1-13H/b21-13-. The Morgan fingerprint density at radius 1 is 0.935 bits per heavy atom. The van der Waals surface area contributed by atoms with Crippen LogP contribution in [-0.2, 0) is 9.53 Å². The van der Waals surface area contributed by atoms with Crippen LogP contribution in [0.25, 0.3) is 27.6 Å². The minimum absolute atomic E-state index is 0.000518. The number of benzene rings is 4. The summed E-state index contributed by atoms with van der Waals surface area (Å²) in [5.74, 6) is -0.620. The highest BCUT2D eigenvalue weighted by Gasteiger charge is 2.26. The third kappa shape index (κ3) is 3.33. The number of esters is 1. The van der Waals surface area contributed by atoms with Crippen molar-refractivity contribution in [1.29, 1.82) is 0 Å². The predicted octanol–water partition coefficient (Wildman–Crippen LogP) is 5.90. The molecule has 4 aromatic carbocycles. The number of cyclic esters (lactones) is 1. The van der Waals surface area contributed by atoms with Gasteiger partial charge in [0.25, 0.3) is 5.69 Å². The first-order chi connectivity index (χ1) is 15.0. The number of hydrogen-bond donors (Lipinski definition) is 0. The van der Waals surface area contributed by atoms with Crippen LogP contribution >= 0.6 is 11.6 Å². The summed E-state index contributed by atoms with van der Waals surface area (Å²) in [7, 11) is 0. The lowest BCUT2D eigenvalue weighted by atomic mass is 9.96. The summed E-state index contributed by atoms with van der Waals surface area (Å²) in [6, 6.07) is 22.0. The predicted molar refractivity (Wildman–Crippen MR) is 120 cm³/mol. The van der Waals surface area contributed by atoms with Gasteiger partial charge in [0.1, 0.15) is 5.02 Å². The van der Waals surface area contributed by atoms with E-state index in [1.165, 1.54) is 18.2 Å². The van der Waals surface area contributed by atoms with Crippen molar-refractivity contribution in [3.63, 3.8) is 0 Å². The molecule has 0 spiro atoms. The van der Waals surface area contributed by atoms with Gasteiger partial charge in [0.05, 0.1) is 4.92 Å². The number of aliphatic imine (C=N–C) groups is 1. The second kappa shape index (κ2) is 7.34. The van der Waals surface area contributed by atoms with Crippen LogP contribution in [0.3, 0.4) is 0 Å². The number of rotatable bonds is 3. The zero-order valence-electron chi connectivity index (χ0n) is 15.9. The van der Waals surface area contributed by atoms with Gasteiger partial charge in [-0.25, -0.2) is 9.79 Å². The Kier molecular flexibility index (Phi) is 4.49. The number of hydrogen-bond acceptors (Lipinski definition) is 5. The second-order valence-corrected chi connectivity index (χ2v) is 7.40. The molecule has 0 amide bonds. The van der Waals surface area contributed by atoms with Gasteiger partial charge in [0.15, 0.2) is 5.70 Å². The van der Waals surface area contributed by atoms with E-state index in [9.17, 15) is 14.9 Å². The smallest absolute Gasteiger partial charge is 0.363 e. The third-order valence-electron chi connectivity index (χ3n) is 5.10. The van der Waals surface area contributed by atoms with Crippen LogP contribution in [-0.4, -0.2) is 16.8 Å². The molecule has 150 valence electrons. The van der Waals surface area contributed by atoms with Gasteiger partial charge in [-0.05, 0) is 51.4 Å². The van der Waals surface area contributed by atoms with E-state index in [1.807, 2.05) is 48.5 Å².